The Hall–Kier alpha value is -3.61. The number of nitrogens with one attached hydrogen (secondary N) is 3. The molecule has 4 aromatic heterocycles. The van der Waals surface area contributed by atoms with E-state index in [1.807, 2.05) is 16.7 Å². The molecular formula is C22H21N7. The summed E-state index contributed by atoms with van der Waals surface area (Å²) in [4.78, 5) is 12.6. The number of pyridine rings is 1. The zero-order valence-electron chi connectivity index (χ0n) is 15.9. The molecule has 0 aliphatic heterocycles. The summed E-state index contributed by atoms with van der Waals surface area (Å²) in [5.41, 5.74) is 5.37. The van der Waals surface area contributed by atoms with E-state index in [0.29, 0.717) is 5.92 Å². The Balaban J connectivity index is 1.22. The first-order chi connectivity index (χ1) is 14.3. The van der Waals surface area contributed by atoms with Gasteiger partial charge in [-0.2, -0.15) is 5.10 Å². The number of hydrogen-bond acceptors (Lipinski definition) is 4. The van der Waals surface area contributed by atoms with E-state index in [4.69, 9.17) is 4.98 Å². The van der Waals surface area contributed by atoms with Crippen LogP contribution in [0.5, 0.6) is 0 Å². The maximum Gasteiger partial charge on any atom is 0.168 e. The fourth-order valence-electron chi connectivity index (χ4n) is 3.88. The van der Waals surface area contributed by atoms with Crippen LogP contribution in [0.15, 0.2) is 55.0 Å². The molecule has 7 nitrogen and oxygen atoms in total. The van der Waals surface area contributed by atoms with Crippen LogP contribution in [0.1, 0.15) is 30.0 Å². The molecule has 1 aliphatic rings. The van der Waals surface area contributed by atoms with Gasteiger partial charge in [0.05, 0.1) is 0 Å². The lowest BCUT2D eigenvalue weighted by molar-refractivity contribution is 0.930. The summed E-state index contributed by atoms with van der Waals surface area (Å²) in [6.07, 6.45) is 7.30. The lowest BCUT2D eigenvalue weighted by atomic mass is 10.1. The molecule has 29 heavy (non-hydrogen) atoms. The fraction of sp³-hybridized carbons (Fsp3) is 0.227. The summed E-state index contributed by atoms with van der Waals surface area (Å²) < 4.78 is 1.95. The van der Waals surface area contributed by atoms with E-state index in [2.05, 4.69) is 62.0 Å². The van der Waals surface area contributed by atoms with Crippen LogP contribution in [-0.2, 0) is 6.42 Å². The molecule has 0 amide bonds. The Bertz CT molecular complexity index is 1310. The first-order valence-corrected chi connectivity index (χ1v) is 10.0. The zero-order chi connectivity index (χ0) is 19.2. The number of para-hydroxylation sites is 1. The summed E-state index contributed by atoms with van der Waals surface area (Å²) in [6, 6.07) is 14.5. The molecule has 5 aromatic rings. The molecule has 1 aliphatic carbocycles. The lowest BCUT2D eigenvalue weighted by Gasteiger charge is -2.06. The third-order valence-corrected chi connectivity index (χ3v) is 5.62. The van der Waals surface area contributed by atoms with Crippen molar-refractivity contribution in [2.45, 2.75) is 25.2 Å². The van der Waals surface area contributed by atoms with Crippen LogP contribution >= 0.6 is 0 Å². The van der Waals surface area contributed by atoms with E-state index in [1.165, 1.54) is 35.0 Å². The van der Waals surface area contributed by atoms with E-state index in [1.54, 1.807) is 6.33 Å². The molecule has 0 atom stereocenters. The van der Waals surface area contributed by atoms with Crippen LogP contribution in [0.2, 0.25) is 0 Å². The van der Waals surface area contributed by atoms with Gasteiger partial charge in [-0.05, 0) is 43.0 Å². The monoisotopic (exact) mass is 383 g/mol. The third kappa shape index (κ3) is 2.95. The Morgan fingerprint density at radius 2 is 2.07 bits per heavy atom. The molecule has 3 N–H and O–H groups in total. The number of anilines is 1. The highest BCUT2D eigenvalue weighted by atomic mass is 15.2. The van der Waals surface area contributed by atoms with Crippen molar-refractivity contribution in [1.29, 1.82) is 0 Å². The second-order valence-electron chi connectivity index (χ2n) is 7.65. The molecule has 0 bridgehead atoms. The minimum Gasteiger partial charge on any atom is -0.370 e. The summed E-state index contributed by atoms with van der Waals surface area (Å²) in [5.74, 6) is 2.33. The van der Waals surface area contributed by atoms with Gasteiger partial charge in [0, 0.05) is 41.3 Å². The minimum absolute atomic E-state index is 0.640. The molecule has 1 saturated carbocycles. The highest BCUT2D eigenvalue weighted by Crippen LogP contribution is 2.39. The predicted molar refractivity (Wildman–Crippen MR) is 113 cm³/mol. The Kier molecular flexibility index (Phi) is 3.65. The van der Waals surface area contributed by atoms with Crippen molar-refractivity contribution < 1.29 is 0 Å². The second kappa shape index (κ2) is 6.48. The summed E-state index contributed by atoms with van der Waals surface area (Å²) in [6.45, 7) is 0.808. The number of fused-ring (bicyclic) bond motifs is 2. The van der Waals surface area contributed by atoms with Crippen LogP contribution in [0.4, 0.5) is 5.82 Å². The van der Waals surface area contributed by atoms with Crippen molar-refractivity contribution in [3.05, 3.63) is 66.2 Å². The molecule has 1 aromatic carbocycles. The molecule has 6 rings (SSSR count). The number of aromatic amines is 2. The maximum absolute atomic E-state index is 4.79. The number of H-pyrrole nitrogens is 2. The van der Waals surface area contributed by atoms with Gasteiger partial charge in [0.15, 0.2) is 11.5 Å². The average Bonchev–Trinajstić information content (AvgIpc) is 3.15. The standard InChI is InChI=1S/C22H21N7/c1-2-4-17-16(3-1)15(12-24-17)9-10-23-20-8-7-18-22(26-20)29(13-25-18)21-11-19(27-28-21)14-5-6-14/h1-4,7-8,11-14,24H,5-6,9-10H2,(H,23,26)(H,27,28). The molecule has 0 radical (unpaired) electrons. The SMILES string of the molecule is c1ccc2c(CCNc3ccc4ncn(-c5cc(C6CC6)[nH]n5)c4n3)c[nH]c2c1. The zero-order valence-corrected chi connectivity index (χ0v) is 15.9. The summed E-state index contributed by atoms with van der Waals surface area (Å²) in [5, 5.41) is 12.3. The Morgan fingerprint density at radius 1 is 1.14 bits per heavy atom. The van der Waals surface area contributed by atoms with Gasteiger partial charge in [0.2, 0.25) is 0 Å². The van der Waals surface area contributed by atoms with Crippen LogP contribution in [0.3, 0.4) is 0 Å². The van der Waals surface area contributed by atoms with E-state index >= 15 is 0 Å². The smallest absolute Gasteiger partial charge is 0.168 e. The highest BCUT2D eigenvalue weighted by Gasteiger charge is 2.26. The topological polar surface area (TPSA) is 87.2 Å². The van der Waals surface area contributed by atoms with E-state index in [0.717, 1.165) is 35.8 Å². The first kappa shape index (κ1) is 16.4. The molecular weight excluding hydrogens is 362 g/mol. The van der Waals surface area contributed by atoms with E-state index in [9.17, 15) is 0 Å². The van der Waals surface area contributed by atoms with Gasteiger partial charge in [-0.25, -0.2) is 9.97 Å². The van der Waals surface area contributed by atoms with Gasteiger partial charge < -0.3 is 10.3 Å². The van der Waals surface area contributed by atoms with Crippen molar-refractivity contribution in [1.82, 2.24) is 29.7 Å². The van der Waals surface area contributed by atoms with Crippen molar-refractivity contribution in [2.24, 2.45) is 0 Å². The molecule has 7 heteroatoms. The highest BCUT2D eigenvalue weighted by molar-refractivity contribution is 5.83. The van der Waals surface area contributed by atoms with Crippen molar-refractivity contribution in [3.8, 4) is 5.82 Å². The quantitative estimate of drug-likeness (QED) is 0.411. The van der Waals surface area contributed by atoms with E-state index in [-0.39, 0.29) is 0 Å². The number of benzene rings is 1. The van der Waals surface area contributed by atoms with Gasteiger partial charge in [-0.15, -0.1) is 0 Å². The van der Waals surface area contributed by atoms with Gasteiger partial charge in [-0.1, -0.05) is 18.2 Å². The molecule has 0 unspecified atom stereocenters. The number of imidazole rings is 1. The fourth-order valence-corrected chi connectivity index (χ4v) is 3.88. The third-order valence-electron chi connectivity index (χ3n) is 5.62. The predicted octanol–water partition coefficient (Wildman–Crippen LogP) is 4.16. The molecule has 0 spiro atoms. The van der Waals surface area contributed by atoms with Crippen LogP contribution in [-0.4, -0.2) is 36.3 Å². The van der Waals surface area contributed by atoms with E-state index < -0.39 is 0 Å². The Morgan fingerprint density at radius 3 is 3.00 bits per heavy atom. The van der Waals surface area contributed by atoms with Crippen LogP contribution in [0.25, 0.3) is 27.9 Å². The lowest BCUT2D eigenvalue weighted by Crippen LogP contribution is -2.06. The summed E-state index contributed by atoms with van der Waals surface area (Å²) in [7, 11) is 0. The minimum atomic E-state index is 0.640. The van der Waals surface area contributed by atoms with Crippen LogP contribution < -0.4 is 5.32 Å². The number of nitrogens with zero attached hydrogens (tertiary/aromatic N) is 4. The second-order valence-corrected chi connectivity index (χ2v) is 7.65. The number of rotatable bonds is 6. The Labute approximate surface area is 167 Å². The number of hydrogen-bond donors (Lipinski definition) is 3. The largest absolute Gasteiger partial charge is 0.370 e. The molecule has 0 saturated heterocycles. The molecule has 1 fully saturated rings. The van der Waals surface area contributed by atoms with Gasteiger partial charge in [0.1, 0.15) is 17.7 Å². The summed E-state index contributed by atoms with van der Waals surface area (Å²) >= 11 is 0. The normalized spacial score (nSPS) is 14.1. The van der Waals surface area contributed by atoms with Crippen molar-refractivity contribution >= 4 is 27.9 Å². The van der Waals surface area contributed by atoms with Crippen molar-refractivity contribution in [2.75, 3.05) is 11.9 Å². The molecule has 4 heterocycles. The van der Waals surface area contributed by atoms with Gasteiger partial charge in [0.25, 0.3) is 0 Å². The van der Waals surface area contributed by atoms with Gasteiger partial charge >= 0.3 is 0 Å². The first-order valence-electron chi connectivity index (χ1n) is 10.0. The average molecular weight is 383 g/mol. The maximum atomic E-state index is 4.79. The molecule has 144 valence electrons. The van der Waals surface area contributed by atoms with Crippen LogP contribution in [0, 0.1) is 0 Å². The number of aromatic nitrogens is 6. The van der Waals surface area contributed by atoms with Gasteiger partial charge in [-0.3, -0.25) is 9.67 Å². The van der Waals surface area contributed by atoms with Crippen molar-refractivity contribution in [3.63, 3.8) is 0 Å².